The number of halogens is 2. The van der Waals surface area contributed by atoms with E-state index < -0.39 is 6.04 Å². The van der Waals surface area contributed by atoms with E-state index in [4.69, 9.17) is 11.6 Å². The van der Waals surface area contributed by atoms with E-state index in [-0.39, 0.29) is 11.7 Å². The summed E-state index contributed by atoms with van der Waals surface area (Å²) in [5, 5.41) is 6.74. The Hall–Kier alpha value is -2.69. The summed E-state index contributed by atoms with van der Waals surface area (Å²) in [6.07, 6.45) is 0. The molecule has 1 atom stereocenters. The van der Waals surface area contributed by atoms with Gasteiger partial charge in [0.2, 0.25) is 5.91 Å². The highest BCUT2D eigenvalue weighted by Crippen LogP contribution is 2.18. The number of benzene rings is 3. The van der Waals surface area contributed by atoms with Crippen LogP contribution in [0.1, 0.15) is 17.2 Å². The first-order valence-electron chi connectivity index (χ1n) is 8.21. The molecular formula is C21H18ClFN2O. The van der Waals surface area contributed by atoms with Crippen molar-refractivity contribution in [2.75, 3.05) is 5.32 Å². The maximum Gasteiger partial charge on any atom is 0.246 e. The first-order chi connectivity index (χ1) is 12.6. The molecule has 0 unspecified atom stereocenters. The molecule has 0 heterocycles. The summed E-state index contributed by atoms with van der Waals surface area (Å²) in [5.41, 5.74) is 2.36. The first kappa shape index (κ1) is 18.1. The fourth-order valence-electron chi connectivity index (χ4n) is 2.62. The molecule has 1 amide bonds. The van der Waals surface area contributed by atoms with Gasteiger partial charge in [0.15, 0.2) is 0 Å². The molecule has 3 rings (SSSR count). The average Bonchev–Trinajstić information content (AvgIpc) is 2.65. The molecule has 132 valence electrons. The minimum Gasteiger partial charge on any atom is -0.324 e. The van der Waals surface area contributed by atoms with Crippen LogP contribution in [0.3, 0.4) is 0 Å². The van der Waals surface area contributed by atoms with Gasteiger partial charge >= 0.3 is 0 Å². The number of carbonyl (C=O) groups excluding carboxylic acids is 1. The number of amides is 1. The molecule has 0 aromatic heterocycles. The van der Waals surface area contributed by atoms with Crippen molar-refractivity contribution in [3.8, 4) is 0 Å². The van der Waals surface area contributed by atoms with Gasteiger partial charge in [0.25, 0.3) is 0 Å². The minimum absolute atomic E-state index is 0.218. The second-order valence-electron chi connectivity index (χ2n) is 5.85. The Morgan fingerprint density at radius 2 is 1.69 bits per heavy atom. The van der Waals surface area contributed by atoms with Crippen molar-refractivity contribution < 1.29 is 9.18 Å². The van der Waals surface area contributed by atoms with Crippen molar-refractivity contribution in [3.63, 3.8) is 0 Å². The molecule has 0 radical (unpaired) electrons. The molecule has 0 spiro atoms. The van der Waals surface area contributed by atoms with E-state index in [2.05, 4.69) is 10.6 Å². The smallest absolute Gasteiger partial charge is 0.246 e. The van der Waals surface area contributed by atoms with Crippen molar-refractivity contribution in [3.05, 3.63) is 101 Å². The topological polar surface area (TPSA) is 41.1 Å². The van der Waals surface area contributed by atoms with E-state index in [0.29, 0.717) is 17.3 Å². The highest BCUT2D eigenvalue weighted by molar-refractivity contribution is 6.30. The largest absolute Gasteiger partial charge is 0.324 e. The summed E-state index contributed by atoms with van der Waals surface area (Å²) in [4.78, 5) is 12.8. The van der Waals surface area contributed by atoms with Crippen molar-refractivity contribution >= 4 is 23.2 Å². The van der Waals surface area contributed by atoms with E-state index in [1.165, 1.54) is 24.3 Å². The molecule has 0 bridgehead atoms. The Kier molecular flexibility index (Phi) is 6.00. The van der Waals surface area contributed by atoms with Gasteiger partial charge in [0.05, 0.1) is 0 Å². The molecule has 0 aliphatic carbocycles. The fraction of sp³-hybridized carbons (Fsp3) is 0.0952. The van der Waals surface area contributed by atoms with Crippen LogP contribution in [0.4, 0.5) is 10.1 Å². The SMILES string of the molecule is O=C(Nc1ccc(F)cc1)[C@H](NCc1cccc(Cl)c1)c1ccccc1. The zero-order valence-electron chi connectivity index (χ0n) is 14.0. The van der Waals surface area contributed by atoms with Crippen molar-refractivity contribution in [2.24, 2.45) is 0 Å². The summed E-state index contributed by atoms with van der Waals surface area (Å²) in [6.45, 7) is 0.483. The van der Waals surface area contributed by atoms with Gasteiger partial charge in [-0.25, -0.2) is 4.39 Å². The van der Waals surface area contributed by atoms with Gasteiger partial charge in [-0.1, -0.05) is 54.1 Å². The van der Waals surface area contributed by atoms with E-state index in [1.807, 2.05) is 48.5 Å². The molecule has 0 saturated carbocycles. The van der Waals surface area contributed by atoms with Gasteiger partial charge in [0, 0.05) is 17.3 Å². The van der Waals surface area contributed by atoms with Crippen LogP contribution >= 0.6 is 11.6 Å². The second-order valence-corrected chi connectivity index (χ2v) is 6.29. The Labute approximate surface area is 156 Å². The summed E-state index contributed by atoms with van der Waals surface area (Å²) >= 11 is 6.02. The van der Waals surface area contributed by atoms with Gasteiger partial charge < -0.3 is 5.32 Å². The number of rotatable bonds is 6. The van der Waals surface area contributed by atoms with Gasteiger partial charge in [0.1, 0.15) is 11.9 Å². The van der Waals surface area contributed by atoms with Crippen LogP contribution in [0.2, 0.25) is 5.02 Å². The number of nitrogens with one attached hydrogen (secondary N) is 2. The number of hydrogen-bond acceptors (Lipinski definition) is 2. The maximum absolute atomic E-state index is 13.1. The predicted molar refractivity (Wildman–Crippen MR) is 103 cm³/mol. The van der Waals surface area contributed by atoms with Crippen LogP contribution in [0, 0.1) is 5.82 Å². The molecule has 3 nitrogen and oxygen atoms in total. The van der Waals surface area contributed by atoms with Gasteiger partial charge in [-0.2, -0.15) is 0 Å². The van der Waals surface area contributed by atoms with Crippen molar-refractivity contribution in [1.29, 1.82) is 0 Å². The lowest BCUT2D eigenvalue weighted by Gasteiger charge is -2.19. The van der Waals surface area contributed by atoms with Crippen molar-refractivity contribution in [2.45, 2.75) is 12.6 Å². The third-order valence-corrected chi connectivity index (χ3v) is 4.14. The van der Waals surface area contributed by atoms with E-state index in [9.17, 15) is 9.18 Å². The maximum atomic E-state index is 13.1. The standard InChI is InChI=1S/C21H18ClFN2O/c22-17-8-4-5-15(13-17)14-24-20(16-6-2-1-3-7-16)21(26)25-19-11-9-18(23)10-12-19/h1-13,20,24H,14H2,(H,25,26)/t20-/m1/s1. The molecular weight excluding hydrogens is 351 g/mol. The Morgan fingerprint density at radius 1 is 0.962 bits per heavy atom. The van der Waals surface area contributed by atoms with Crippen LogP contribution in [0.15, 0.2) is 78.9 Å². The molecule has 0 saturated heterocycles. The van der Waals surface area contributed by atoms with Gasteiger partial charge in [-0.05, 0) is 47.5 Å². The molecule has 0 fully saturated rings. The molecule has 0 aliphatic heterocycles. The number of hydrogen-bond donors (Lipinski definition) is 2. The van der Waals surface area contributed by atoms with Crippen molar-refractivity contribution in [1.82, 2.24) is 5.32 Å². The average molecular weight is 369 g/mol. The van der Waals surface area contributed by atoms with Gasteiger partial charge in [-0.3, -0.25) is 10.1 Å². The lowest BCUT2D eigenvalue weighted by Crippen LogP contribution is -2.32. The summed E-state index contributed by atoms with van der Waals surface area (Å²) in [6, 6.07) is 22.1. The quantitative estimate of drug-likeness (QED) is 0.646. The van der Waals surface area contributed by atoms with E-state index >= 15 is 0 Å². The molecule has 26 heavy (non-hydrogen) atoms. The molecule has 2 N–H and O–H groups in total. The van der Waals surface area contributed by atoms with Crippen LogP contribution in [-0.2, 0) is 11.3 Å². The number of carbonyl (C=O) groups is 1. The van der Waals surface area contributed by atoms with Crippen LogP contribution in [0.5, 0.6) is 0 Å². The summed E-state index contributed by atoms with van der Waals surface area (Å²) < 4.78 is 13.1. The van der Waals surface area contributed by atoms with Crippen LogP contribution < -0.4 is 10.6 Å². The monoisotopic (exact) mass is 368 g/mol. The highest BCUT2D eigenvalue weighted by Gasteiger charge is 2.20. The minimum atomic E-state index is -0.555. The normalized spacial score (nSPS) is 11.8. The zero-order chi connectivity index (χ0) is 18.4. The Bertz CT molecular complexity index is 869. The van der Waals surface area contributed by atoms with Crippen LogP contribution in [-0.4, -0.2) is 5.91 Å². The molecule has 3 aromatic rings. The lowest BCUT2D eigenvalue weighted by atomic mass is 10.1. The second kappa shape index (κ2) is 8.61. The molecule has 0 aliphatic rings. The van der Waals surface area contributed by atoms with Gasteiger partial charge in [-0.15, -0.1) is 0 Å². The highest BCUT2D eigenvalue weighted by atomic mass is 35.5. The zero-order valence-corrected chi connectivity index (χ0v) is 14.7. The van der Waals surface area contributed by atoms with E-state index in [1.54, 1.807) is 6.07 Å². The third-order valence-electron chi connectivity index (χ3n) is 3.91. The fourth-order valence-corrected chi connectivity index (χ4v) is 2.83. The molecule has 3 aromatic carbocycles. The lowest BCUT2D eigenvalue weighted by molar-refractivity contribution is -0.118. The van der Waals surface area contributed by atoms with Crippen LogP contribution in [0.25, 0.3) is 0 Å². The first-order valence-corrected chi connectivity index (χ1v) is 8.59. The summed E-state index contributed by atoms with van der Waals surface area (Å²) in [7, 11) is 0. The van der Waals surface area contributed by atoms with E-state index in [0.717, 1.165) is 11.1 Å². The third kappa shape index (κ3) is 4.91. The Balaban J connectivity index is 1.76. The number of anilines is 1. The summed E-state index contributed by atoms with van der Waals surface area (Å²) in [5.74, 6) is -0.563. The Morgan fingerprint density at radius 3 is 2.38 bits per heavy atom. The predicted octanol–water partition coefficient (Wildman–Crippen LogP) is 4.95. The molecule has 5 heteroatoms.